The Kier molecular flexibility index (Phi) is 5.75. The fourth-order valence-electron chi connectivity index (χ4n) is 5.59. The summed E-state index contributed by atoms with van der Waals surface area (Å²) in [6, 6.07) is 46.3. The van der Waals surface area contributed by atoms with Crippen LogP contribution in [0, 0.1) is 0 Å². The Morgan fingerprint density at radius 1 is 0.357 bits per heavy atom. The molecular formula is C38H24N4. The van der Waals surface area contributed by atoms with E-state index >= 15 is 0 Å². The number of nitrogens with zero attached hydrogens (tertiary/aromatic N) is 4. The second kappa shape index (κ2) is 10.0. The lowest BCUT2D eigenvalue weighted by Crippen LogP contribution is -2.00. The number of pyridine rings is 1. The van der Waals surface area contributed by atoms with Gasteiger partial charge >= 0.3 is 0 Å². The number of benzene rings is 6. The summed E-state index contributed by atoms with van der Waals surface area (Å²) in [6.45, 7) is 0. The molecular weight excluding hydrogens is 512 g/mol. The lowest BCUT2D eigenvalue weighted by molar-refractivity contribution is 1.08. The molecule has 2 aromatic heterocycles. The van der Waals surface area contributed by atoms with E-state index in [0.29, 0.717) is 17.5 Å². The first kappa shape index (κ1) is 24.1. The van der Waals surface area contributed by atoms with Crippen molar-refractivity contribution in [3.05, 3.63) is 146 Å². The van der Waals surface area contributed by atoms with Gasteiger partial charge in [0.05, 0.1) is 0 Å². The van der Waals surface area contributed by atoms with Crippen molar-refractivity contribution in [2.45, 2.75) is 0 Å². The van der Waals surface area contributed by atoms with E-state index in [4.69, 9.17) is 15.0 Å². The van der Waals surface area contributed by atoms with Gasteiger partial charge in [0, 0.05) is 34.5 Å². The first-order valence-electron chi connectivity index (χ1n) is 14.0. The standard InChI is InChI=1S/C38H24N4/c1-3-8-29-22-31(18-12-25(29)6-1)37-40-36(41-38(42-37)32-19-13-26-7-2-4-9-30(26)23-32)28-16-14-27(15-17-28)34-11-5-10-33-24-39-21-20-35(33)34/h1-24H. The van der Waals surface area contributed by atoms with E-state index in [1.165, 1.54) is 21.7 Å². The molecule has 0 aliphatic rings. The molecule has 0 unspecified atom stereocenters. The molecule has 0 saturated heterocycles. The van der Waals surface area contributed by atoms with Gasteiger partial charge in [-0.2, -0.15) is 0 Å². The Labute approximate surface area is 243 Å². The lowest BCUT2D eigenvalue weighted by atomic mass is 9.98. The number of hydrogen-bond acceptors (Lipinski definition) is 4. The van der Waals surface area contributed by atoms with Crippen molar-refractivity contribution in [2.24, 2.45) is 0 Å². The van der Waals surface area contributed by atoms with Gasteiger partial charge in [-0.3, -0.25) is 4.98 Å². The van der Waals surface area contributed by atoms with Gasteiger partial charge in [0.15, 0.2) is 17.5 Å². The summed E-state index contributed by atoms with van der Waals surface area (Å²) in [4.78, 5) is 19.2. The predicted octanol–water partition coefficient (Wildman–Crippen LogP) is 9.39. The van der Waals surface area contributed by atoms with Gasteiger partial charge in [-0.25, -0.2) is 15.0 Å². The Morgan fingerprint density at radius 3 is 1.48 bits per heavy atom. The highest BCUT2D eigenvalue weighted by Crippen LogP contribution is 2.32. The molecule has 0 fully saturated rings. The SMILES string of the molecule is c1ccc2cc(-c3nc(-c4ccc(-c5cccc6cnccc56)cc4)nc(-c4ccc5ccccc5c4)n3)ccc2c1. The van der Waals surface area contributed by atoms with Crippen molar-refractivity contribution in [3.8, 4) is 45.3 Å². The molecule has 6 aromatic carbocycles. The zero-order chi connectivity index (χ0) is 27.9. The normalized spacial score (nSPS) is 11.3. The zero-order valence-corrected chi connectivity index (χ0v) is 22.6. The monoisotopic (exact) mass is 536 g/mol. The number of rotatable bonds is 4. The molecule has 0 bridgehead atoms. The number of hydrogen-bond donors (Lipinski definition) is 0. The quantitative estimate of drug-likeness (QED) is 0.225. The van der Waals surface area contributed by atoms with Crippen LogP contribution in [0.1, 0.15) is 0 Å². The first-order valence-corrected chi connectivity index (χ1v) is 14.0. The van der Waals surface area contributed by atoms with Crippen LogP contribution in [-0.2, 0) is 0 Å². The van der Waals surface area contributed by atoms with Crippen molar-refractivity contribution in [1.82, 2.24) is 19.9 Å². The summed E-state index contributed by atoms with van der Waals surface area (Å²) in [5.74, 6) is 1.95. The van der Waals surface area contributed by atoms with Gasteiger partial charge in [-0.15, -0.1) is 0 Å². The molecule has 8 rings (SSSR count). The molecule has 0 aliphatic carbocycles. The predicted molar refractivity (Wildman–Crippen MR) is 172 cm³/mol. The van der Waals surface area contributed by atoms with Gasteiger partial charge in [0.1, 0.15) is 0 Å². The molecule has 2 heterocycles. The maximum atomic E-state index is 4.99. The fourth-order valence-corrected chi connectivity index (χ4v) is 5.59. The summed E-state index contributed by atoms with van der Waals surface area (Å²) in [5, 5.41) is 6.97. The molecule has 196 valence electrons. The second-order valence-corrected chi connectivity index (χ2v) is 10.4. The van der Waals surface area contributed by atoms with Crippen molar-refractivity contribution in [2.75, 3.05) is 0 Å². The lowest BCUT2D eigenvalue weighted by Gasteiger charge is -2.11. The average Bonchev–Trinajstić information content (AvgIpc) is 3.07. The van der Waals surface area contributed by atoms with Crippen molar-refractivity contribution >= 4 is 32.3 Å². The Morgan fingerprint density at radius 2 is 0.857 bits per heavy atom. The summed E-state index contributed by atoms with van der Waals surface area (Å²) in [6.07, 6.45) is 3.74. The number of aromatic nitrogens is 4. The van der Waals surface area contributed by atoms with Crippen molar-refractivity contribution in [1.29, 1.82) is 0 Å². The van der Waals surface area contributed by atoms with Crippen LogP contribution in [0.15, 0.2) is 146 Å². The Hall–Kier alpha value is -5.74. The molecule has 0 atom stereocenters. The van der Waals surface area contributed by atoms with Crippen molar-refractivity contribution < 1.29 is 0 Å². The van der Waals surface area contributed by atoms with Crippen LogP contribution in [-0.4, -0.2) is 19.9 Å². The van der Waals surface area contributed by atoms with E-state index in [-0.39, 0.29) is 0 Å². The Balaban J connectivity index is 1.27. The maximum Gasteiger partial charge on any atom is 0.164 e. The average molecular weight is 537 g/mol. The third-order valence-electron chi connectivity index (χ3n) is 7.79. The fraction of sp³-hybridized carbons (Fsp3) is 0. The molecule has 0 aliphatic heterocycles. The molecule has 0 radical (unpaired) electrons. The molecule has 4 heteroatoms. The van der Waals surface area contributed by atoms with Crippen LogP contribution < -0.4 is 0 Å². The summed E-state index contributed by atoms with van der Waals surface area (Å²) < 4.78 is 0. The number of fused-ring (bicyclic) bond motifs is 3. The molecule has 0 spiro atoms. The van der Waals surface area contributed by atoms with Crippen LogP contribution in [0.25, 0.3) is 77.6 Å². The minimum absolute atomic E-state index is 0.644. The third-order valence-corrected chi connectivity index (χ3v) is 7.79. The van der Waals surface area contributed by atoms with Gasteiger partial charge in [-0.05, 0) is 56.3 Å². The first-order chi connectivity index (χ1) is 20.8. The van der Waals surface area contributed by atoms with E-state index in [9.17, 15) is 0 Å². The van der Waals surface area contributed by atoms with Gasteiger partial charge in [0.2, 0.25) is 0 Å². The van der Waals surface area contributed by atoms with Crippen molar-refractivity contribution in [3.63, 3.8) is 0 Å². The third kappa shape index (κ3) is 4.36. The van der Waals surface area contributed by atoms with Crippen LogP contribution in [0.4, 0.5) is 0 Å². The van der Waals surface area contributed by atoms with Crippen LogP contribution in [0.3, 0.4) is 0 Å². The van der Waals surface area contributed by atoms with Gasteiger partial charge in [-0.1, -0.05) is 115 Å². The summed E-state index contributed by atoms with van der Waals surface area (Å²) >= 11 is 0. The Bertz CT molecular complexity index is 2150. The van der Waals surface area contributed by atoms with E-state index < -0.39 is 0 Å². The summed E-state index contributed by atoms with van der Waals surface area (Å²) in [5.41, 5.74) is 5.16. The smallest absolute Gasteiger partial charge is 0.164 e. The highest BCUT2D eigenvalue weighted by Gasteiger charge is 2.14. The van der Waals surface area contributed by atoms with E-state index in [1.54, 1.807) is 0 Å². The second-order valence-electron chi connectivity index (χ2n) is 10.4. The highest BCUT2D eigenvalue weighted by atomic mass is 15.0. The minimum Gasteiger partial charge on any atom is -0.264 e. The minimum atomic E-state index is 0.644. The van der Waals surface area contributed by atoms with Crippen LogP contribution in [0.5, 0.6) is 0 Å². The molecule has 4 nitrogen and oxygen atoms in total. The molecule has 0 saturated carbocycles. The maximum absolute atomic E-state index is 4.99. The van der Waals surface area contributed by atoms with E-state index in [0.717, 1.165) is 38.4 Å². The van der Waals surface area contributed by atoms with E-state index in [1.807, 2.05) is 12.4 Å². The molecule has 8 aromatic rings. The van der Waals surface area contributed by atoms with Crippen LogP contribution in [0.2, 0.25) is 0 Å². The molecule has 0 N–H and O–H groups in total. The largest absolute Gasteiger partial charge is 0.264 e. The zero-order valence-electron chi connectivity index (χ0n) is 22.6. The van der Waals surface area contributed by atoms with Gasteiger partial charge in [0.25, 0.3) is 0 Å². The molecule has 42 heavy (non-hydrogen) atoms. The van der Waals surface area contributed by atoms with E-state index in [2.05, 4.69) is 138 Å². The van der Waals surface area contributed by atoms with Gasteiger partial charge < -0.3 is 0 Å². The van der Waals surface area contributed by atoms with Crippen LogP contribution >= 0.6 is 0 Å². The molecule has 0 amide bonds. The summed E-state index contributed by atoms with van der Waals surface area (Å²) in [7, 11) is 0. The highest BCUT2D eigenvalue weighted by molar-refractivity contribution is 5.96. The topological polar surface area (TPSA) is 51.6 Å².